The van der Waals surface area contributed by atoms with Crippen molar-refractivity contribution >= 4 is 21.6 Å². The summed E-state index contributed by atoms with van der Waals surface area (Å²) in [5.74, 6) is -0.776. The summed E-state index contributed by atoms with van der Waals surface area (Å²) in [6.45, 7) is 2.28. The Kier molecular flexibility index (Phi) is 5.36. The Bertz CT molecular complexity index is 875. The van der Waals surface area contributed by atoms with Crippen LogP contribution in [0.5, 0.6) is 0 Å². The molecule has 0 spiro atoms. The fourth-order valence-electron chi connectivity index (χ4n) is 2.69. The van der Waals surface area contributed by atoms with Gasteiger partial charge in [0.2, 0.25) is 10.0 Å². The van der Waals surface area contributed by atoms with Gasteiger partial charge in [0, 0.05) is 37.4 Å². The molecule has 1 amide bonds. The maximum atomic E-state index is 12.9. The molecular weight excluding hydrogens is 357 g/mol. The molecule has 26 heavy (non-hydrogen) atoms. The van der Waals surface area contributed by atoms with Crippen molar-refractivity contribution in [3.05, 3.63) is 59.9 Å². The Balaban J connectivity index is 1.71. The van der Waals surface area contributed by atoms with Gasteiger partial charge >= 0.3 is 0 Å². The molecule has 0 aromatic heterocycles. The lowest BCUT2D eigenvalue weighted by Crippen LogP contribution is -2.47. The highest BCUT2D eigenvalue weighted by Crippen LogP contribution is 2.19. The van der Waals surface area contributed by atoms with Gasteiger partial charge in [-0.3, -0.25) is 4.79 Å². The largest absolute Gasteiger partial charge is 0.322 e. The van der Waals surface area contributed by atoms with Gasteiger partial charge in [0.05, 0.1) is 4.90 Å². The predicted molar refractivity (Wildman–Crippen MR) is 97.1 cm³/mol. The van der Waals surface area contributed by atoms with Crippen molar-refractivity contribution in [3.63, 3.8) is 0 Å². The first-order valence-corrected chi connectivity index (χ1v) is 9.66. The highest BCUT2D eigenvalue weighted by Gasteiger charge is 2.27. The van der Waals surface area contributed by atoms with E-state index in [9.17, 15) is 17.6 Å². The second kappa shape index (κ2) is 7.53. The molecule has 1 heterocycles. The van der Waals surface area contributed by atoms with E-state index in [2.05, 4.69) is 10.2 Å². The number of hydrogen-bond donors (Lipinski definition) is 1. The van der Waals surface area contributed by atoms with Crippen LogP contribution in [0, 0.1) is 5.82 Å². The number of anilines is 1. The number of amides is 1. The van der Waals surface area contributed by atoms with Crippen LogP contribution in [0.2, 0.25) is 0 Å². The topological polar surface area (TPSA) is 69.7 Å². The second-order valence-electron chi connectivity index (χ2n) is 6.19. The summed E-state index contributed by atoms with van der Waals surface area (Å²) in [5, 5.41) is 2.64. The Morgan fingerprint density at radius 1 is 0.962 bits per heavy atom. The molecular formula is C18H20FN3O3S. The van der Waals surface area contributed by atoms with Gasteiger partial charge in [-0.25, -0.2) is 12.8 Å². The lowest BCUT2D eigenvalue weighted by atomic mass is 10.2. The number of carbonyl (C=O) groups is 1. The molecule has 2 aromatic rings. The van der Waals surface area contributed by atoms with Gasteiger partial charge in [-0.1, -0.05) is 0 Å². The van der Waals surface area contributed by atoms with Gasteiger partial charge in [-0.15, -0.1) is 0 Å². The number of rotatable bonds is 4. The molecule has 1 saturated heterocycles. The number of nitrogens with one attached hydrogen (secondary N) is 1. The van der Waals surface area contributed by atoms with Crippen LogP contribution < -0.4 is 5.32 Å². The quantitative estimate of drug-likeness (QED) is 0.885. The highest BCUT2D eigenvalue weighted by atomic mass is 32.2. The first-order valence-electron chi connectivity index (χ1n) is 8.22. The number of carbonyl (C=O) groups excluding carboxylic acids is 1. The van der Waals surface area contributed by atoms with Gasteiger partial charge < -0.3 is 10.2 Å². The summed E-state index contributed by atoms with van der Waals surface area (Å²) in [6.07, 6.45) is 0. The van der Waals surface area contributed by atoms with Crippen LogP contribution in [0.1, 0.15) is 10.4 Å². The van der Waals surface area contributed by atoms with Crippen molar-refractivity contribution < 1.29 is 17.6 Å². The first-order chi connectivity index (χ1) is 12.4. The van der Waals surface area contributed by atoms with E-state index in [1.54, 1.807) is 0 Å². The van der Waals surface area contributed by atoms with Crippen LogP contribution >= 0.6 is 0 Å². The van der Waals surface area contributed by atoms with Crippen LogP contribution in [0.15, 0.2) is 53.4 Å². The molecule has 0 bridgehead atoms. The lowest BCUT2D eigenvalue weighted by Gasteiger charge is -2.31. The molecule has 1 aliphatic heterocycles. The minimum Gasteiger partial charge on any atom is -0.322 e. The Labute approximate surface area is 152 Å². The number of nitrogens with zero attached hydrogens (tertiary/aromatic N) is 2. The van der Waals surface area contributed by atoms with Gasteiger partial charge in [0.25, 0.3) is 5.91 Å². The van der Waals surface area contributed by atoms with Crippen molar-refractivity contribution in [1.82, 2.24) is 9.21 Å². The zero-order valence-electron chi connectivity index (χ0n) is 14.4. The van der Waals surface area contributed by atoms with E-state index in [1.165, 1.54) is 52.8 Å². The highest BCUT2D eigenvalue weighted by molar-refractivity contribution is 7.89. The summed E-state index contributed by atoms with van der Waals surface area (Å²) in [6, 6.07) is 11.2. The number of likely N-dealkylation sites (N-methyl/N-ethyl adjacent to an activating group) is 1. The van der Waals surface area contributed by atoms with E-state index in [0.29, 0.717) is 37.4 Å². The zero-order valence-corrected chi connectivity index (χ0v) is 15.2. The molecule has 2 aromatic carbocycles. The van der Waals surface area contributed by atoms with E-state index in [0.717, 1.165) is 0 Å². The number of halogens is 1. The van der Waals surface area contributed by atoms with Crippen LogP contribution in [-0.4, -0.2) is 56.8 Å². The van der Waals surface area contributed by atoms with Crippen LogP contribution in [-0.2, 0) is 10.0 Å². The average molecular weight is 377 g/mol. The summed E-state index contributed by atoms with van der Waals surface area (Å²) in [5.41, 5.74) is 0.789. The normalized spacial score (nSPS) is 16.4. The molecule has 0 unspecified atom stereocenters. The standard InChI is InChI=1S/C18H20FN3O3S/c1-21-10-12-22(13-11-21)26(24,25)17-8-2-14(3-9-17)18(23)20-16-6-4-15(19)5-7-16/h2-9H,10-13H2,1H3,(H,20,23). The molecule has 0 radical (unpaired) electrons. The third kappa shape index (κ3) is 4.09. The molecule has 1 fully saturated rings. The van der Waals surface area contributed by atoms with E-state index in [1.807, 2.05) is 7.05 Å². The van der Waals surface area contributed by atoms with Crippen molar-refractivity contribution in [2.75, 3.05) is 38.5 Å². The van der Waals surface area contributed by atoms with Crippen molar-refractivity contribution in [2.45, 2.75) is 4.90 Å². The number of piperazine rings is 1. The minimum absolute atomic E-state index is 0.167. The molecule has 138 valence electrons. The van der Waals surface area contributed by atoms with E-state index >= 15 is 0 Å². The van der Waals surface area contributed by atoms with E-state index in [4.69, 9.17) is 0 Å². The van der Waals surface area contributed by atoms with Gasteiger partial charge in [-0.2, -0.15) is 4.31 Å². The fraction of sp³-hybridized carbons (Fsp3) is 0.278. The maximum Gasteiger partial charge on any atom is 0.255 e. The molecule has 0 atom stereocenters. The smallest absolute Gasteiger partial charge is 0.255 e. The number of sulfonamides is 1. The fourth-order valence-corrected chi connectivity index (χ4v) is 4.11. The number of hydrogen-bond acceptors (Lipinski definition) is 4. The number of benzene rings is 2. The third-order valence-corrected chi connectivity index (χ3v) is 6.23. The van der Waals surface area contributed by atoms with Crippen molar-refractivity contribution in [1.29, 1.82) is 0 Å². The maximum absolute atomic E-state index is 12.9. The third-order valence-electron chi connectivity index (χ3n) is 4.32. The molecule has 0 aliphatic carbocycles. The molecule has 3 rings (SSSR count). The summed E-state index contributed by atoms with van der Waals surface area (Å²) >= 11 is 0. The Hall–Kier alpha value is -2.29. The molecule has 6 nitrogen and oxygen atoms in total. The van der Waals surface area contributed by atoms with E-state index < -0.39 is 10.0 Å². The summed E-state index contributed by atoms with van der Waals surface area (Å²) in [7, 11) is -1.60. The zero-order chi connectivity index (χ0) is 18.7. The SMILES string of the molecule is CN1CCN(S(=O)(=O)c2ccc(C(=O)Nc3ccc(F)cc3)cc2)CC1. The summed E-state index contributed by atoms with van der Waals surface area (Å²) < 4.78 is 39.7. The van der Waals surface area contributed by atoms with Crippen LogP contribution in [0.25, 0.3) is 0 Å². The first kappa shape index (κ1) is 18.5. The Morgan fingerprint density at radius 2 is 1.54 bits per heavy atom. The van der Waals surface area contributed by atoms with E-state index in [-0.39, 0.29) is 16.6 Å². The molecule has 1 N–H and O–H groups in total. The molecule has 8 heteroatoms. The molecule has 0 saturated carbocycles. The average Bonchev–Trinajstić information content (AvgIpc) is 2.64. The summed E-state index contributed by atoms with van der Waals surface area (Å²) in [4.78, 5) is 14.5. The van der Waals surface area contributed by atoms with Crippen LogP contribution in [0.3, 0.4) is 0 Å². The monoisotopic (exact) mass is 377 g/mol. The Morgan fingerprint density at radius 3 is 2.12 bits per heavy atom. The van der Waals surface area contributed by atoms with Gasteiger partial charge in [0.15, 0.2) is 0 Å². The second-order valence-corrected chi connectivity index (χ2v) is 8.13. The lowest BCUT2D eigenvalue weighted by molar-refractivity contribution is 0.102. The van der Waals surface area contributed by atoms with Crippen molar-refractivity contribution in [3.8, 4) is 0 Å². The minimum atomic E-state index is -3.56. The molecule has 1 aliphatic rings. The van der Waals surface area contributed by atoms with Gasteiger partial charge in [-0.05, 0) is 55.6 Å². The van der Waals surface area contributed by atoms with Gasteiger partial charge in [0.1, 0.15) is 5.82 Å². The van der Waals surface area contributed by atoms with Crippen LogP contribution in [0.4, 0.5) is 10.1 Å². The van der Waals surface area contributed by atoms with Crippen molar-refractivity contribution in [2.24, 2.45) is 0 Å². The predicted octanol–water partition coefficient (Wildman–Crippen LogP) is 2.01.